The number of carbonyl (C=O) groups is 3. The molecule has 0 aromatic heterocycles. The second kappa shape index (κ2) is 6.52. The van der Waals surface area contributed by atoms with Gasteiger partial charge in [0.1, 0.15) is 6.04 Å². The van der Waals surface area contributed by atoms with Gasteiger partial charge in [0, 0.05) is 6.04 Å². The maximum atomic E-state index is 12.5. The highest BCUT2D eigenvalue weighted by atomic mass is 16.2. The Bertz CT molecular complexity index is 598. The Morgan fingerprint density at radius 3 is 2.09 bits per heavy atom. The van der Waals surface area contributed by atoms with Crippen molar-refractivity contribution in [3.63, 3.8) is 0 Å². The average Bonchev–Trinajstić information content (AvgIpc) is 2.74. The Labute approximate surface area is 136 Å². The lowest BCUT2D eigenvalue weighted by Gasteiger charge is -2.24. The zero-order valence-corrected chi connectivity index (χ0v) is 13.4. The smallest absolute Gasteiger partial charge is 0.262 e. The van der Waals surface area contributed by atoms with E-state index in [1.165, 1.54) is 12.8 Å². The number of amides is 3. The fourth-order valence-electron chi connectivity index (χ4n) is 3.42. The lowest BCUT2D eigenvalue weighted by atomic mass is 10.1. The number of nitrogens with zero attached hydrogens (tertiary/aromatic N) is 1. The largest absolute Gasteiger partial charge is 0.352 e. The van der Waals surface area contributed by atoms with Crippen LogP contribution in [0, 0.1) is 0 Å². The Kier molecular flexibility index (Phi) is 4.46. The molecular weight excluding hydrogens is 292 g/mol. The highest BCUT2D eigenvalue weighted by molar-refractivity contribution is 6.22. The maximum Gasteiger partial charge on any atom is 0.262 e. The monoisotopic (exact) mass is 314 g/mol. The molecule has 3 amide bonds. The van der Waals surface area contributed by atoms with Crippen molar-refractivity contribution in [3.8, 4) is 0 Å². The van der Waals surface area contributed by atoms with Gasteiger partial charge in [0.05, 0.1) is 11.1 Å². The Hall–Kier alpha value is -2.17. The first-order valence-corrected chi connectivity index (χ1v) is 8.37. The van der Waals surface area contributed by atoms with Crippen LogP contribution in [0.15, 0.2) is 24.3 Å². The van der Waals surface area contributed by atoms with Crippen molar-refractivity contribution >= 4 is 17.7 Å². The third-order valence-electron chi connectivity index (χ3n) is 4.79. The third kappa shape index (κ3) is 3.00. The third-order valence-corrected chi connectivity index (χ3v) is 4.79. The van der Waals surface area contributed by atoms with E-state index in [2.05, 4.69) is 5.32 Å². The van der Waals surface area contributed by atoms with Crippen LogP contribution in [0.25, 0.3) is 0 Å². The molecule has 1 fully saturated rings. The summed E-state index contributed by atoms with van der Waals surface area (Å²) in [6.45, 7) is 1.62. The van der Waals surface area contributed by atoms with Crippen molar-refractivity contribution in [2.75, 3.05) is 0 Å². The molecule has 1 aliphatic heterocycles. The minimum Gasteiger partial charge on any atom is -0.352 e. The molecule has 1 saturated carbocycles. The van der Waals surface area contributed by atoms with E-state index >= 15 is 0 Å². The second-order valence-electron chi connectivity index (χ2n) is 6.40. The van der Waals surface area contributed by atoms with Crippen LogP contribution in [0.5, 0.6) is 0 Å². The van der Waals surface area contributed by atoms with Crippen LogP contribution in [0.3, 0.4) is 0 Å². The zero-order valence-electron chi connectivity index (χ0n) is 13.4. The molecule has 3 rings (SSSR count). The van der Waals surface area contributed by atoms with Gasteiger partial charge in [-0.15, -0.1) is 0 Å². The van der Waals surface area contributed by atoms with Crippen molar-refractivity contribution in [2.24, 2.45) is 0 Å². The van der Waals surface area contributed by atoms with Gasteiger partial charge in [-0.3, -0.25) is 19.3 Å². The van der Waals surface area contributed by atoms with E-state index in [0.29, 0.717) is 11.1 Å². The van der Waals surface area contributed by atoms with E-state index in [4.69, 9.17) is 0 Å². The molecule has 1 aliphatic carbocycles. The summed E-state index contributed by atoms with van der Waals surface area (Å²) in [4.78, 5) is 38.4. The van der Waals surface area contributed by atoms with Gasteiger partial charge < -0.3 is 5.32 Å². The molecule has 1 N–H and O–H groups in total. The highest BCUT2D eigenvalue weighted by Crippen LogP contribution is 2.25. The Balaban J connectivity index is 1.70. The van der Waals surface area contributed by atoms with E-state index in [1.807, 2.05) is 0 Å². The predicted molar refractivity (Wildman–Crippen MR) is 86.0 cm³/mol. The van der Waals surface area contributed by atoms with E-state index in [1.54, 1.807) is 31.2 Å². The molecule has 0 saturated heterocycles. The molecule has 1 atom stereocenters. The highest BCUT2D eigenvalue weighted by Gasteiger charge is 2.40. The number of hydrogen-bond donors (Lipinski definition) is 1. The molecule has 0 radical (unpaired) electrons. The van der Waals surface area contributed by atoms with Crippen LogP contribution in [0.2, 0.25) is 0 Å². The molecule has 122 valence electrons. The summed E-state index contributed by atoms with van der Waals surface area (Å²) < 4.78 is 0. The molecule has 1 aromatic carbocycles. The first-order valence-electron chi connectivity index (χ1n) is 8.37. The van der Waals surface area contributed by atoms with Gasteiger partial charge in [-0.2, -0.15) is 0 Å². The summed E-state index contributed by atoms with van der Waals surface area (Å²) in [7, 11) is 0. The van der Waals surface area contributed by atoms with Crippen molar-refractivity contribution in [1.29, 1.82) is 0 Å². The number of hydrogen-bond acceptors (Lipinski definition) is 3. The quantitative estimate of drug-likeness (QED) is 0.688. The number of imide groups is 1. The van der Waals surface area contributed by atoms with Crippen molar-refractivity contribution < 1.29 is 14.4 Å². The normalized spacial score (nSPS) is 20.1. The number of rotatable bonds is 3. The number of carbonyl (C=O) groups excluding carboxylic acids is 3. The predicted octanol–water partition coefficient (Wildman–Crippen LogP) is 2.51. The summed E-state index contributed by atoms with van der Waals surface area (Å²) in [6.07, 6.45) is 6.60. The lowest BCUT2D eigenvalue weighted by molar-refractivity contribution is -0.125. The van der Waals surface area contributed by atoms with Gasteiger partial charge in [-0.05, 0) is 31.9 Å². The SMILES string of the molecule is C[C@H](C(=O)NC1CCCCCC1)N1C(=O)c2ccccc2C1=O. The molecule has 23 heavy (non-hydrogen) atoms. The van der Waals surface area contributed by atoms with Gasteiger partial charge in [0.15, 0.2) is 0 Å². The van der Waals surface area contributed by atoms with Crippen LogP contribution in [0.1, 0.15) is 66.2 Å². The fourth-order valence-corrected chi connectivity index (χ4v) is 3.42. The topological polar surface area (TPSA) is 66.5 Å². The molecule has 1 aromatic rings. The van der Waals surface area contributed by atoms with E-state index in [0.717, 1.165) is 30.6 Å². The minimum absolute atomic E-state index is 0.155. The molecular formula is C18H22N2O3. The summed E-state index contributed by atoms with van der Waals surface area (Å²) in [5.41, 5.74) is 0.762. The molecule has 0 unspecified atom stereocenters. The number of fused-ring (bicyclic) bond motifs is 1. The van der Waals surface area contributed by atoms with Gasteiger partial charge >= 0.3 is 0 Å². The summed E-state index contributed by atoms with van der Waals surface area (Å²) >= 11 is 0. The molecule has 0 spiro atoms. The van der Waals surface area contributed by atoms with Crippen molar-refractivity contribution in [2.45, 2.75) is 57.5 Å². The summed E-state index contributed by atoms with van der Waals surface area (Å²) in [5.74, 6) is -1.00. The average molecular weight is 314 g/mol. The standard InChI is InChI=1S/C18H22N2O3/c1-12(16(21)19-13-8-4-2-3-5-9-13)20-17(22)14-10-6-7-11-15(14)18(20)23/h6-7,10-13H,2-5,8-9H2,1H3,(H,19,21)/t12-/m1/s1. The first-order chi connectivity index (χ1) is 11.1. The first kappa shape index (κ1) is 15.7. The fraction of sp³-hybridized carbons (Fsp3) is 0.500. The minimum atomic E-state index is -0.786. The van der Waals surface area contributed by atoms with Gasteiger partial charge in [-0.1, -0.05) is 37.8 Å². The Morgan fingerprint density at radius 1 is 1.04 bits per heavy atom. The molecule has 1 heterocycles. The molecule has 5 nitrogen and oxygen atoms in total. The van der Waals surface area contributed by atoms with Crippen molar-refractivity contribution in [1.82, 2.24) is 10.2 Å². The van der Waals surface area contributed by atoms with Gasteiger partial charge in [-0.25, -0.2) is 0 Å². The summed E-state index contributed by atoms with van der Waals surface area (Å²) in [6, 6.07) is 6.08. The van der Waals surface area contributed by atoms with Crippen LogP contribution in [-0.4, -0.2) is 34.7 Å². The molecule has 2 aliphatic rings. The maximum absolute atomic E-state index is 12.5. The van der Waals surface area contributed by atoms with Crippen LogP contribution < -0.4 is 5.32 Å². The molecule has 0 bridgehead atoms. The van der Waals surface area contributed by atoms with Crippen LogP contribution in [0.4, 0.5) is 0 Å². The van der Waals surface area contributed by atoms with Gasteiger partial charge in [0.25, 0.3) is 11.8 Å². The van der Waals surface area contributed by atoms with E-state index in [9.17, 15) is 14.4 Å². The molecule has 5 heteroatoms. The van der Waals surface area contributed by atoms with Gasteiger partial charge in [0.2, 0.25) is 5.91 Å². The number of nitrogens with one attached hydrogen (secondary N) is 1. The number of benzene rings is 1. The zero-order chi connectivity index (χ0) is 16.4. The van der Waals surface area contributed by atoms with Crippen LogP contribution in [-0.2, 0) is 4.79 Å². The van der Waals surface area contributed by atoms with Crippen LogP contribution >= 0.6 is 0 Å². The summed E-state index contributed by atoms with van der Waals surface area (Å²) in [5, 5.41) is 3.02. The lowest BCUT2D eigenvalue weighted by Crippen LogP contribution is -2.50. The van der Waals surface area contributed by atoms with E-state index < -0.39 is 6.04 Å². The Morgan fingerprint density at radius 2 is 1.57 bits per heavy atom. The van der Waals surface area contributed by atoms with Crippen molar-refractivity contribution in [3.05, 3.63) is 35.4 Å². The second-order valence-corrected chi connectivity index (χ2v) is 6.40. The van der Waals surface area contributed by atoms with E-state index in [-0.39, 0.29) is 23.8 Å².